The molecule has 0 aromatic heterocycles. The highest BCUT2D eigenvalue weighted by molar-refractivity contribution is 6.10. The van der Waals surface area contributed by atoms with Crippen molar-refractivity contribution in [2.24, 2.45) is 0 Å². The fourth-order valence-corrected chi connectivity index (χ4v) is 5.15. The lowest BCUT2D eigenvalue weighted by molar-refractivity contribution is 0.102. The van der Waals surface area contributed by atoms with Crippen LogP contribution in [0.25, 0.3) is 10.8 Å². The molecule has 0 bridgehead atoms. The van der Waals surface area contributed by atoms with E-state index >= 15 is 0 Å². The maximum Gasteiger partial charge on any atom is 0.255 e. The minimum atomic E-state index is -0.391. The molecular formula is C29H35FN4O2. The molecule has 0 atom stereocenters. The van der Waals surface area contributed by atoms with Crippen LogP contribution in [0, 0.1) is 5.82 Å². The molecule has 2 heterocycles. The zero-order valence-electron chi connectivity index (χ0n) is 20.8. The van der Waals surface area contributed by atoms with Gasteiger partial charge >= 0.3 is 0 Å². The van der Waals surface area contributed by atoms with E-state index in [1.165, 1.54) is 18.6 Å². The van der Waals surface area contributed by atoms with Gasteiger partial charge in [-0.15, -0.1) is 0 Å². The average molecular weight is 491 g/mol. The third-order valence-corrected chi connectivity index (χ3v) is 7.08. The van der Waals surface area contributed by atoms with E-state index in [0.717, 1.165) is 87.3 Å². The summed E-state index contributed by atoms with van der Waals surface area (Å²) >= 11 is 0. The number of halogens is 1. The van der Waals surface area contributed by atoms with Crippen molar-refractivity contribution in [3.05, 3.63) is 66.0 Å². The highest BCUT2D eigenvalue weighted by Crippen LogP contribution is 2.32. The first-order valence-electron chi connectivity index (χ1n) is 13.1. The summed E-state index contributed by atoms with van der Waals surface area (Å²) < 4.78 is 20.6. The largest absolute Gasteiger partial charge is 0.493 e. The van der Waals surface area contributed by atoms with E-state index in [9.17, 15) is 9.18 Å². The summed E-state index contributed by atoms with van der Waals surface area (Å²) in [6.45, 7) is 7.73. The molecule has 0 radical (unpaired) electrons. The van der Waals surface area contributed by atoms with E-state index in [2.05, 4.69) is 20.4 Å². The standard InChI is InChI=1S/C29H35FN4O2/c30-23-19-22(20-24(21-23)34-14-4-1-5-15-34)29(35)32-27-9-10-28(26-8-3-2-7-25(26)27)36-18-6-13-33-16-11-31-12-17-33/h2-3,7-10,19-21,31H,1,4-6,11-18H2,(H,32,35). The second-order valence-electron chi connectivity index (χ2n) is 9.65. The number of benzene rings is 3. The van der Waals surface area contributed by atoms with Crippen LogP contribution in [-0.4, -0.2) is 63.2 Å². The molecular weight excluding hydrogens is 455 g/mol. The third kappa shape index (κ3) is 5.97. The van der Waals surface area contributed by atoms with E-state index in [-0.39, 0.29) is 5.91 Å². The average Bonchev–Trinajstić information content (AvgIpc) is 2.92. The van der Waals surface area contributed by atoms with Gasteiger partial charge in [0.1, 0.15) is 11.6 Å². The van der Waals surface area contributed by atoms with Gasteiger partial charge in [0.05, 0.1) is 6.61 Å². The Bertz CT molecular complexity index is 1190. The van der Waals surface area contributed by atoms with Crippen LogP contribution in [0.2, 0.25) is 0 Å². The zero-order chi connectivity index (χ0) is 24.7. The summed E-state index contributed by atoms with van der Waals surface area (Å²) in [5, 5.41) is 8.23. The van der Waals surface area contributed by atoms with Crippen LogP contribution in [0.5, 0.6) is 5.75 Å². The zero-order valence-corrected chi connectivity index (χ0v) is 20.8. The summed E-state index contributed by atoms with van der Waals surface area (Å²) in [7, 11) is 0. The Balaban J connectivity index is 1.28. The molecule has 36 heavy (non-hydrogen) atoms. The Morgan fingerprint density at radius 1 is 0.944 bits per heavy atom. The molecule has 0 unspecified atom stereocenters. The van der Waals surface area contributed by atoms with Gasteiger partial charge in [0.2, 0.25) is 0 Å². The second kappa shape index (κ2) is 11.7. The lowest BCUT2D eigenvalue weighted by Crippen LogP contribution is -2.43. The lowest BCUT2D eigenvalue weighted by atomic mass is 10.1. The molecule has 6 nitrogen and oxygen atoms in total. The van der Waals surface area contributed by atoms with Crippen molar-refractivity contribution in [2.75, 3.05) is 62.6 Å². The van der Waals surface area contributed by atoms with Crippen LogP contribution in [0.15, 0.2) is 54.6 Å². The molecule has 7 heteroatoms. The number of fused-ring (bicyclic) bond motifs is 1. The van der Waals surface area contributed by atoms with E-state index in [1.54, 1.807) is 6.07 Å². The van der Waals surface area contributed by atoms with Crippen molar-refractivity contribution >= 4 is 28.1 Å². The summed E-state index contributed by atoms with van der Waals surface area (Å²) in [6, 6.07) is 16.3. The maximum absolute atomic E-state index is 14.4. The Kier molecular flexibility index (Phi) is 7.98. The Labute approximate surface area is 212 Å². The van der Waals surface area contributed by atoms with Crippen molar-refractivity contribution in [1.29, 1.82) is 0 Å². The molecule has 2 aliphatic heterocycles. The van der Waals surface area contributed by atoms with Crippen LogP contribution in [0.3, 0.4) is 0 Å². The van der Waals surface area contributed by atoms with Crippen molar-refractivity contribution in [1.82, 2.24) is 10.2 Å². The van der Waals surface area contributed by atoms with Crippen LogP contribution in [-0.2, 0) is 0 Å². The Morgan fingerprint density at radius 3 is 2.53 bits per heavy atom. The van der Waals surface area contributed by atoms with Gasteiger partial charge in [-0.25, -0.2) is 4.39 Å². The SMILES string of the molecule is O=C(Nc1ccc(OCCCN2CCNCC2)c2ccccc12)c1cc(F)cc(N2CCCCC2)c1. The molecule has 2 fully saturated rings. The van der Waals surface area contributed by atoms with Crippen LogP contribution < -0.4 is 20.3 Å². The molecule has 2 N–H and O–H groups in total. The maximum atomic E-state index is 14.4. The number of anilines is 2. The van der Waals surface area contributed by atoms with Gasteiger partial charge < -0.3 is 25.2 Å². The van der Waals surface area contributed by atoms with E-state index < -0.39 is 5.82 Å². The highest BCUT2D eigenvalue weighted by atomic mass is 19.1. The number of rotatable bonds is 8. The molecule has 2 aliphatic rings. The molecule has 5 rings (SSSR count). The fraction of sp³-hybridized carbons (Fsp3) is 0.414. The number of nitrogens with one attached hydrogen (secondary N) is 2. The number of carbonyl (C=O) groups excluding carboxylic acids is 1. The van der Waals surface area contributed by atoms with Crippen molar-refractivity contribution < 1.29 is 13.9 Å². The number of piperazine rings is 1. The molecule has 190 valence electrons. The Morgan fingerprint density at radius 2 is 1.72 bits per heavy atom. The van der Waals surface area contributed by atoms with Crippen molar-refractivity contribution in [3.63, 3.8) is 0 Å². The topological polar surface area (TPSA) is 56.8 Å². The lowest BCUT2D eigenvalue weighted by Gasteiger charge is -2.29. The smallest absolute Gasteiger partial charge is 0.255 e. The predicted octanol–water partition coefficient (Wildman–Crippen LogP) is 4.90. The molecule has 0 saturated carbocycles. The third-order valence-electron chi connectivity index (χ3n) is 7.08. The Hall–Kier alpha value is -3.16. The summed E-state index contributed by atoms with van der Waals surface area (Å²) in [5.41, 5.74) is 1.79. The number of hydrogen-bond donors (Lipinski definition) is 2. The van der Waals surface area contributed by atoms with Crippen LogP contribution in [0.4, 0.5) is 15.8 Å². The first kappa shape index (κ1) is 24.5. The van der Waals surface area contributed by atoms with E-state index in [4.69, 9.17) is 4.74 Å². The van der Waals surface area contributed by atoms with E-state index in [1.807, 2.05) is 36.4 Å². The number of carbonyl (C=O) groups is 1. The van der Waals surface area contributed by atoms with Crippen molar-refractivity contribution in [2.45, 2.75) is 25.7 Å². The molecule has 3 aromatic rings. The minimum Gasteiger partial charge on any atom is -0.493 e. The fourth-order valence-electron chi connectivity index (χ4n) is 5.15. The minimum absolute atomic E-state index is 0.317. The predicted molar refractivity (Wildman–Crippen MR) is 144 cm³/mol. The number of piperidine rings is 1. The van der Waals surface area contributed by atoms with Gasteiger partial charge in [0, 0.05) is 73.5 Å². The van der Waals surface area contributed by atoms with Gasteiger partial charge in [-0.3, -0.25) is 4.79 Å². The molecule has 0 spiro atoms. The normalized spacial score (nSPS) is 16.8. The molecule has 2 saturated heterocycles. The van der Waals surface area contributed by atoms with E-state index in [0.29, 0.717) is 17.9 Å². The summed E-state index contributed by atoms with van der Waals surface area (Å²) in [4.78, 5) is 17.8. The first-order chi connectivity index (χ1) is 17.7. The number of amides is 1. The number of hydrogen-bond acceptors (Lipinski definition) is 5. The molecule has 0 aliphatic carbocycles. The van der Waals surface area contributed by atoms with Gasteiger partial charge in [-0.2, -0.15) is 0 Å². The number of ether oxygens (including phenoxy) is 1. The van der Waals surface area contributed by atoms with Crippen LogP contribution >= 0.6 is 0 Å². The van der Waals surface area contributed by atoms with Gasteiger partial charge in [-0.1, -0.05) is 24.3 Å². The summed E-state index contributed by atoms with van der Waals surface area (Å²) in [6.07, 6.45) is 4.34. The van der Waals surface area contributed by atoms with Gasteiger partial charge in [-0.05, 0) is 56.0 Å². The van der Waals surface area contributed by atoms with Crippen LogP contribution in [0.1, 0.15) is 36.0 Å². The highest BCUT2D eigenvalue weighted by Gasteiger charge is 2.17. The van der Waals surface area contributed by atoms with Gasteiger partial charge in [0.25, 0.3) is 5.91 Å². The quantitative estimate of drug-likeness (QED) is 0.440. The molecule has 1 amide bonds. The van der Waals surface area contributed by atoms with Crippen molar-refractivity contribution in [3.8, 4) is 5.75 Å². The second-order valence-corrected chi connectivity index (χ2v) is 9.65. The summed E-state index contributed by atoms with van der Waals surface area (Å²) in [5.74, 6) is 0.0993. The first-order valence-corrected chi connectivity index (χ1v) is 13.1. The number of nitrogens with zero attached hydrogens (tertiary/aromatic N) is 2. The monoisotopic (exact) mass is 490 g/mol. The van der Waals surface area contributed by atoms with Gasteiger partial charge in [0.15, 0.2) is 0 Å². The molecule has 3 aromatic carbocycles.